The molecule has 0 radical (unpaired) electrons. The summed E-state index contributed by atoms with van der Waals surface area (Å²) in [6, 6.07) is 4.64. The zero-order valence-corrected chi connectivity index (χ0v) is 17.2. The molecule has 1 N–H and O–H groups in total. The van der Waals surface area contributed by atoms with Crippen molar-refractivity contribution in [3.63, 3.8) is 0 Å². The SMILES string of the molecule is CCS(=O)(=O)c1ccc(C(=O)Nc2ncnn2C)c(Cl)c1C1=NOC(CC#N)C1. The van der Waals surface area contributed by atoms with Crippen molar-refractivity contribution in [1.29, 1.82) is 5.26 Å². The van der Waals surface area contributed by atoms with Crippen LogP contribution in [-0.4, -0.2) is 46.7 Å². The van der Waals surface area contributed by atoms with E-state index in [4.69, 9.17) is 21.7 Å². The number of nitrogens with one attached hydrogen (secondary N) is 1. The molecular weight excluding hydrogens is 420 g/mol. The minimum Gasteiger partial charge on any atom is -0.391 e. The molecular formula is C17H17ClN6O4S. The quantitative estimate of drug-likeness (QED) is 0.729. The van der Waals surface area contributed by atoms with Gasteiger partial charge in [-0.3, -0.25) is 10.1 Å². The number of nitriles is 1. The van der Waals surface area contributed by atoms with Gasteiger partial charge in [0.25, 0.3) is 5.91 Å². The summed E-state index contributed by atoms with van der Waals surface area (Å²) in [5.41, 5.74) is 0.432. The number of nitrogens with zero attached hydrogens (tertiary/aromatic N) is 5. The van der Waals surface area contributed by atoms with E-state index < -0.39 is 21.8 Å². The second-order valence-corrected chi connectivity index (χ2v) is 8.82. The van der Waals surface area contributed by atoms with E-state index in [-0.39, 0.29) is 51.3 Å². The average Bonchev–Trinajstić information content (AvgIpc) is 3.31. The topological polar surface area (TPSA) is 139 Å². The fourth-order valence-electron chi connectivity index (χ4n) is 2.78. The minimum atomic E-state index is -3.66. The maximum absolute atomic E-state index is 12.7. The lowest BCUT2D eigenvalue weighted by molar-refractivity contribution is 0.0891. The van der Waals surface area contributed by atoms with Crippen LogP contribution in [0, 0.1) is 11.3 Å². The molecule has 0 fully saturated rings. The van der Waals surface area contributed by atoms with Crippen LogP contribution in [-0.2, 0) is 21.7 Å². The molecule has 1 aliphatic heterocycles. The Kier molecular flexibility index (Phi) is 5.86. The van der Waals surface area contributed by atoms with E-state index in [1.165, 1.54) is 30.1 Å². The van der Waals surface area contributed by atoms with Gasteiger partial charge in [-0.2, -0.15) is 15.3 Å². The van der Waals surface area contributed by atoms with E-state index in [2.05, 4.69) is 20.6 Å². The first-order valence-corrected chi connectivity index (χ1v) is 10.6. The van der Waals surface area contributed by atoms with E-state index in [1.54, 1.807) is 7.05 Å². The average molecular weight is 437 g/mol. The van der Waals surface area contributed by atoms with Crippen molar-refractivity contribution in [2.75, 3.05) is 11.1 Å². The van der Waals surface area contributed by atoms with Crippen molar-refractivity contribution < 1.29 is 18.0 Å². The predicted molar refractivity (Wildman–Crippen MR) is 104 cm³/mol. The second kappa shape index (κ2) is 8.18. The third-order valence-corrected chi connectivity index (χ3v) is 6.50. The molecule has 1 aromatic carbocycles. The molecule has 1 amide bonds. The number of amides is 1. The van der Waals surface area contributed by atoms with Crippen molar-refractivity contribution in [3.8, 4) is 6.07 Å². The smallest absolute Gasteiger partial charge is 0.259 e. The maximum atomic E-state index is 12.7. The maximum Gasteiger partial charge on any atom is 0.259 e. The van der Waals surface area contributed by atoms with Gasteiger partial charge in [-0.1, -0.05) is 23.7 Å². The predicted octanol–water partition coefficient (Wildman–Crippen LogP) is 1.92. The van der Waals surface area contributed by atoms with Crippen LogP contribution in [0.4, 0.5) is 5.95 Å². The standard InChI is InChI=1S/C17H17ClN6O4S/c1-3-29(26,27)13-5-4-11(16(25)22-17-20-9-21-24(17)2)15(18)14(13)12-8-10(6-7-19)28-23-12/h4-5,9-10H,3,6,8H2,1-2H3,(H,20,21,22,25). The van der Waals surface area contributed by atoms with E-state index in [0.29, 0.717) is 0 Å². The van der Waals surface area contributed by atoms with E-state index in [9.17, 15) is 13.2 Å². The summed E-state index contributed by atoms with van der Waals surface area (Å²) in [7, 11) is -2.06. The number of aryl methyl sites for hydroxylation is 1. The number of carbonyl (C=O) groups excluding carboxylic acids is 1. The van der Waals surface area contributed by atoms with Gasteiger partial charge in [0.2, 0.25) is 5.95 Å². The van der Waals surface area contributed by atoms with Gasteiger partial charge in [0.15, 0.2) is 9.84 Å². The fourth-order valence-corrected chi connectivity index (χ4v) is 4.32. The lowest BCUT2D eigenvalue weighted by atomic mass is 10.0. The van der Waals surface area contributed by atoms with Crippen LogP contribution >= 0.6 is 11.6 Å². The Bertz CT molecular complexity index is 1140. The van der Waals surface area contributed by atoms with E-state index in [0.717, 1.165) is 0 Å². The highest BCUT2D eigenvalue weighted by Gasteiger charge is 2.31. The molecule has 29 heavy (non-hydrogen) atoms. The molecule has 3 rings (SSSR count). The molecule has 0 spiro atoms. The van der Waals surface area contributed by atoms with Crippen molar-refractivity contribution in [3.05, 3.63) is 34.6 Å². The van der Waals surface area contributed by atoms with Crippen LogP contribution in [0.1, 0.15) is 35.7 Å². The molecule has 2 heterocycles. The number of carbonyl (C=O) groups is 1. The molecule has 1 aromatic heterocycles. The Morgan fingerprint density at radius 1 is 1.48 bits per heavy atom. The van der Waals surface area contributed by atoms with Gasteiger partial charge >= 0.3 is 0 Å². The highest BCUT2D eigenvalue weighted by atomic mass is 35.5. The van der Waals surface area contributed by atoms with Crippen molar-refractivity contribution in [2.24, 2.45) is 12.2 Å². The summed E-state index contributed by atoms with van der Waals surface area (Å²) < 4.78 is 26.5. The van der Waals surface area contributed by atoms with Crippen molar-refractivity contribution >= 4 is 39.0 Å². The Morgan fingerprint density at radius 2 is 2.24 bits per heavy atom. The Balaban J connectivity index is 2.06. The normalized spacial score (nSPS) is 16.1. The molecule has 152 valence electrons. The third kappa shape index (κ3) is 4.08. The van der Waals surface area contributed by atoms with Gasteiger partial charge in [0.05, 0.1) is 39.4 Å². The number of oxime groups is 1. The lowest BCUT2D eigenvalue weighted by Crippen LogP contribution is -2.19. The van der Waals surface area contributed by atoms with E-state index in [1.807, 2.05) is 6.07 Å². The third-order valence-electron chi connectivity index (χ3n) is 4.34. The van der Waals surface area contributed by atoms with Gasteiger partial charge in [-0.25, -0.2) is 13.1 Å². The van der Waals surface area contributed by atoms with Crippen LogP contribution in [0.5, 0.6) is 0 Å². The van der Waals surface area contributed by atoms with Crippen LogP contribution in [0.25, 0.3) is 0 Å². The Hall–Kier alpha value is -2.97. The van der Waals surface area contributed by atoms with Crippen LogP contribution < -0.4 is 5.32 Å². The molecule has 10 nitrogen and oxygen atoms in total. The highest BCUT2D eigenvalue weighted by Crippen LogP contribution is 2.33. The molecule has 0 bridgehead atoms. The molecule has 1 atom stereocenters. The summed E-state index contributed by atoms with van der Waals surface area (Å²) in [5, 5.41) is 19.1. The number of hydrogen-bond acceptors (Lipinski definition) is 8. The molecule has 0 aliphatic carbocycles. The minimum absolute atomic E-state index is 0.0415. The van der Waals surface area contributed by atoms with Gasteiger partial charge in [0.1, 0.15) is 12.4 Å². The largest absolute Gasteiger partial charge is 0.391 e. The molecule has 0 saturated heterocycles. The Morgan fingerprint density at radius 3 is 2.86 bits per heavy atom. The first-order chi connectivity index (χ1) is 13.8. The summed E-state index contributed by atoms with van der Waals surface area (Å²) in [6.07, 6.45) is 1.07. The summed E-state index contributed by atoms with van der Waals surface area (Å²) >= 11 is 6.49. The van der Waals surface area contributed by atoms with Gasteiger partial charge in [-0.15, -0.1) is 0 Å². The van der Waals surface area contributed by atoms with Gasteiger partial charge in [-0.05, 0) is 12.1 Å². The highest BCUT2D eigenvalue weighted by molar-refractivity contribution is 7.91. The summed E-state index contributed by atoms with van der Waals surface area (Å²) in [5.74, 6) is -0.536. The Labute approximate surface area is 172 Å². The number of aromatic nitrogens is 3. The number of halogens is 1. The van der Waals surface area contributed by atoms with Crippen LogP contribution in [0.3, 0.4) is 0 Å². The summed E-state index contributed by atoms with van der Waals surface area (Å²) in [6.45, 7) is 1.51. The lowest BCUT2D eigenvalue weighted by Gasteiger charge is -2.14. The van der Waals surface area contributed by atoms with Crippen molar-refractivity contribution in [1.82, 2.24) is 14.8 Å². The first kappa shape index (κ1) is 20.8. The second-order valence-electron chi connectivity index (χ2n) is 6.20. The molecule has 12 heteroatoms. The van der Waals surface area contributed by atoms with Gasteiger partial charge < -0.3 is 4.84 Å². The molecule has 2 aromatic rings. The van der Waals surface area contributed by atoms with Crippen LogP contribution in [0.2, 0.25) is 5.02 Å². The zero-order chi connectivity index (χ0) is 21.2. The monoisotopic (exact) mass is 436 g/mol. The molecule has 0 saturated carbocycles. The van der Waals surface area contributed by atoms with E-state index >= 15 is 0 Å². The number of hydrogen-bond donors (Lipinski definition) is 1. The zero-order valence-electron chi connectivity index (χ0n) is 15.6. The van der Waals surface area contributed by atoms with Crippen molar-refractivity contribution in [2.45, 2.75) is 30.8 Å². The van der Waals surface area contributed by atoms with Gasteiger partial charge in [0, 0.05) is 19.0 Å². The number of rotatable bonds is 6. The summed E-state index contributed by atoms with van der Waals surface area (Å²) in [4.78, 5) is 21.8. The number of benzene rings is 1. The fraction of sp³-hybridized carbons (Fsp3) is 0.353. The molecule has 1 unspecified atom stereocenters. The first-order valence-electron chi connectivity index (χ1n) is 8.59. The van der Waals surface area contributed by atoms with Crippen LogP contribution in [0.15, 0.2) is 28.5 Å². The number of anilines is 1. The number of sulfone groups is 1. The molecule has 1 aliphatic rings.